The van der Waals surface area contributed by atoms with Crippen LogP contribution in [-0.4, -0.2) is 72.5 Å². The Morgan fingerprint density at radius 1 is 1.05 bits per heavy atom. The number of rotatable bonds is 8. The highest BCUT2D eigenvalue weighted by Gasteiger charge is 2.34. The Morgan fingerprint density at radius 3 is 2.22 bits per heavy atom. The number of hydrogen-bond donors (Lipinski definition) is 4. The number of carbonyl (C=O) groups excluding carboxylic acids is 3. The van der Waals surface area contributed by atoms with E-state index in [2.05, 4.69) is 22.6 Å². The van der Waals surface area contributed by atoms with E-state index in [1.54, 1.807) is 48.5 Å². The van der Waals surface area contributed by atoms with Gasteiger partial charge in [-0.1, -0.05) is 24.0 Å². The van der Waals surface area contributed by atoms with Gasteiger partial charge in [-0.25, -0.2) is 10.3 Å². The van der Waals surface area contributed by atoms with Gasteiger partial charge >= 0.3 is 0 Å². The fourth-order valence-electron chi connectivity index (χ4n) is 3.65. The minimum absolute atomic E-state index is 0.272. The van der Waals surface area contributed by atoms with Crippen molar-refractivity contribution in [3.63, 3.8) is 0 Å². The first-order valence-electron chi connectivity index (χ1n) is 11.9. The molecular formula is C27H31N3O7. The Hall–Kier alpha value is -3.75. The third-order valence-electron chi connectivity index (χ3n) is 5.83. The van der Waals surface area contributed by atoms with Crippen LogP contribution in [0.2, 0.25) is 0 Å². The van der Waals surface area contributed by atoms with Crippen molar-refractivity contribution in [3.8, 4) is 11.8 Å². The molecule has 3 rings (SSSR count). The van der Waals surface area contributed by atoms with E-state index in [4.69, 9.17) is 14.7 Å². The number of amides is 3. The zero-order valence-electron chi connectivity index (χ0n) is 20.8. The molecule has 0 radical (unpaired) electrons. The van der Waals surface area contributed by atoms with Crippen molar-refractivity contribution in [1.82, 2.24) is 15.7 Å². The van der Waals surface area contributed by atoms with Crippen molar-refractivity contribution < 1.29 is 34.2 Å². The summed E-state index contributed by atoms with van der Waals surface area (Å²) in [6, 6.07) is 11.9. The van der Waals surface area contributed by atoms with Gasteiger partial charge in [0.25, 0.3) is 17.7 Å². The van der Waals surface area contributed by atoms with E-state index in [1.807, 2.05) is 0 Å². The minimum Gasteiger partial charge on any atom is -0.393 e. The molecule has 3 atom stereocenters. The van der Waals surface area contributed by atoms with E-state index in [-0.39, 0.29) is 12.2 Å². The summed E-state index contributed by atoms with van der Waals surface area (Å²) >= 11 is 0. The molecule has 0 bridgehead atoms. The maximum absolute atomic E-state index is 13.0. The highest BCUT2D eigenvalue weighted by Crippen LogP contribution is 2.15. The first-order valence-corrected chi connectivity index (χ1v) is 11.9. The Balaban J connectivity index is 1.65. The van der Waals surface area contributed by atoms with Crippen molar-refractivity contribution in [2.75, 3.05) is 27.3 Å². The molecule has 2 aromatic rings. The number of likely N-dealkylation sites (N-methyl/N-ethyl adjacent to an activating group) is 2. The third kappa shape index (κ3) is 7.62. The molecule has 196 valence electrons. The van der Waals surface area contributed by atoms with Crippen LogP contribution in [0.25, 0.3) is 0 Å². The van der Waals surface area contributed by atoms with Crippen molar-refractivity contribution in [3.05, 3.63) is 70.8 Å². The molecule has 1 heterocycles. The van der Waals surface area contributed by atoms with Gasteiger partial charge in [-0.2, -0.15) is 0 Å². The number of aliphatic hydroxyl groups excluding tert-OH is 2. The number of hydrogen-bond acceptors (Lipinski definition) is 7. The molecule has 0 saturated carbocycles. The minimum atomic E-state index is -1.45. The lowest BCUT2D eigenvalue weighted by atomic mass is 10.1. The summed E-state index contributed by atoms with van der Waals surface area (Å²) in [6.45, 7) is 0.169. The Labute approximate surface area is 215 Å². The number of ether oxygens (including phenoxy) is 1. The Kier molecular flexibility index (Phi) is 10.2. The number of aliphatic hydroxyl groups is 2. The van der Waals surface area contributed by atoms with Gasteiger partial charge in [0.1, 0.15) is 6.10 Å². The average molecular weight is 510 g/mol. The van der Waals surface area contributed by atoms with Crippen LogP contribution in [-0.2, 0) is 19.2 Å². The summed E-state index contributed by atoms with van der Waals surface area (Å²) in [4.78, 5) is 44.5. The maximum atomic E-state index is 13.0. The molecular weight excluding hydrogens is 478 g/mol. The number of nitrogens with one attached hydrogen (secondary N) is 2. The first kappa shape index (κ1) is 27.8. The Bertz CT molecular complexity index is 1130. The third-order valence-corrected chi connectivity index (χ3v) is 5.83. The van der Waals surface area contributed by atoms with E-state index in [0.29, 0.717) is 29.7 Å². The SMILES string of the molecule is CNC(=O)[C@@H](C(=O)NOC1CCCCO1)N(C)C(=O)c1ccc(C#Cc2ccc([C@@H](O)CO)cc2)cc1. The van der Waals surface area contributed by atoms with Crippen LogP contribution in [0.1, 0.15) is 52.4 Å². The van der Waals surface area contributed by atoms with Gasteiger partial charge in [-0.05, 0) is 54.8 Å². The van der Waals surface area contributed by atoms with Gasteiger partial charge in [-0.3, -0.25) is 14.4 Å². The molecule has 4 N–H and O–H groups in total. The summed E-state index contributed by atoms with van der Waals surface area (Å²) in [7, 11) is 2.74. The second-order valence-corrected chi connectivity index (χ2v) is 8.46. The monoisotopic (exact) mass is 509 g/mol. The molecule has 1 saturated heterocycles. The Morgan fingerprint density at radius 2 is 1.68 bits per heavy atom. The molecule has 1 fully saturated rings. The van der Waals surface area contributed by atoms with Crippen molar-refractivity contribution >= 4 is 17.7 Å². The highest BCUT2D eigenvalue weighted by molar-refractivity contribution is 6.08. The van der Waals surface area contributed by atoms with E-state index in [0.717, 1.165) is 17.7 Å². The van der Waals surface area contributed by atoms with Gasteiger partial charge in [0, 0.05) is 43.8 Å². The maximum Gasteiger partial charge on any atom is 0.276 e. The molecule has 0 aromatic heterocycles. The number of carbonyl (C=O) groups is 3. The summed E-state index contributed by atoms with van der Waals surface area (Å²) in [6.07, 6.45) is 0.909. The van der Waals surface area contributed by atoms with Crippen LogP contribution in [0.3, 0.4) is 0 Å². The molecule has 0 spiro atoms. The van der Waals surface area contributed by atoms with E-state index in [9.17, 15) is 19.5 Å². The largest absolute Gasteiger partial charge is 0.393 e. The average Bonchev–Trinajstić information content (AvgIpc) is 2.95. The van der Waals surface area contributed by atoms with Crippen LogP contribution in [0.15, 0.2) is 48.5 Å². The van der Waals surface area contributed by atoms with Gasteiger partial charge in [0.2, 0.25) is 0 Å². The fraction of sp³-hybridized carbons (Fsp3) is 0.370. The lowest BCUT2D eigenvalue weighted by molar-refractivity contribution is -0.202. The topological polar surface area (TPSA) is 137 Å². The molecule has 37 heavy (non-hydrogen) atoms. The predicted molar refractivity (Wildman–Crippen MR) is 134 cm³/mol. The molecule has 10 heteroatoms. The summed E-state index contributed by atoms with van der Waals surface area (Å²) in [5.74, 6) is 4.00. The second kappa shape index (κ2) is 13.5. The quantitative estimate of drug-likeness (QED) is 0.235. The molecule has 1 unspecified atom stereocenters. The summed E-state index contributed by atoms with van der Waals surface area (Å²) in [5, 5.41) is 21.1. The molecule has 0 aliphatic carbocycles. The molecule has 2 aromatic carbocycles. The fourth-order valence-corrected chi connectivity index (χ4v) is 3.65. The summed E-state index contributed by atoms with van der Waals surface area (Å²) in [5.41, 5.74) is 4.48. The predicted octanol–water partition coefficient (Wildman–Crippen LogP) is 0.873. The van der Waals surface area contributed by atoms with Crippen LogP contribution in [0, 0.1) is 11.8 Å². The zero-order valence-corrected chi connectivity index (χ0v) is 20.8. The first-order chi connectivity index (χ1) is 17.8. The number of benzene rings is 2. The van der Waals surface area contributed by atoms with E-state index >= 15 is 0 Å². The lowest BCUT2D eigenvalue weighted by Crippen LogP contribution is -2.55. The zero-order chi connectivity index (χ0) is 26.8. The smallest absolute Gasteiger partial charge is 0.276 e. The van der Waals surface area contributed by atoms with Crippen molar-refractivity contribution in [2.24, 2.45) is 0 Å². The molecule has 3 amide bonds. The van der Waals surface area contributed by atoms with Crippen LogP contribution in [0.4, 0.5) is 0 Å². The standard InChI is InChI=1S/C27H31N3O7/c1-28-25(33)24(26(34)29-37-23-5-3-4-16-36-23)30(2)27(35)21-14-10-19(11-15-21)7-6-18-8-12-20(13-9-18)22(32)17-31/h8-15,22-24,31-32H,3-5,16-17H2,1-2H3,(H,28,33)(H,29,34)/t22-,23?,24-/m0/s1. The summed E-state index contributed by atoms with van der Waals surface area (Å²) < 4.78 is 5.40. The molecule has 10 nitrogen and oxygen atoms in total. The lowest BCUT2D eigenvalue weighted by Gasteiger charge is -2.27. The second-order valence-electron chi connectivity index (χ2n) is 8.46. The normalized spacial score (nSPS) is 16.5. The van der Waals surface area contributed by atoms with Crippen molar-refractivity contribution in [2.45, 2.75) is 37.7 Å². The van der Waals surface area contributed by atoms with Crippen LogP contribution < -0.4 is 10.8 Å². The molecule has 1 aliphatic heterocycles. The van der Waals surface area contributed by atoms with Gasteiger partial charge in [-0.15, -0.1) is 0 Å². The van der Waals surface area contributed by atoms with Gasteiger partial charge in [0.15, 0.2) is 12.3 Å². The van der Waals surface area contributed by atoms with Crippen LogP contribution >= 0.6 is 0 Å². The highest BCUT2D eigenvalue weighted by atomic mass is 16.8. The van der Waals surface area contributed by atoms with Crippen LogP contribution in [0.5, 0.6) is 0 Å². The van der Waals surface area contributed by atoms with Gasteiger partial charge < -0.3 is 25.2 Å². The van der Waals surface area contributed by atoms with Gasteiger partial charge in [0.05, 0.1) is 6.61 Å². The number of hydroxylamine groups is 1. The van der Waals surface area contributed by atoms with E-state index in [1.165, 1.54) is 14.1 Å². The number of nitrogens with zero attached hydrogens (tertiary/aromatic N) is 1. The molecule has 1 aliphatic rings. The van der Waals surface area contributed by atoms with E-state index < -0.39 is 36.2 Å². The van der Waals surface area contributed by atoms with Crippen molar-refractivity contribution in [1.29, 1.82) is 0 Å².